The molecule has 0 heterocycles. The van der Waals surface area contributed by atoms with Crippen LogP contribution in [0.5, 0.6) is 0 Å². The molecule has 1 rings (SSSR count). The van der Waals surface area contributed by atoms with Gasteiger partial charge in [-0.1, -0.05) is 26.8 Å². The molecule has 0 saturated heterocycles. The highest BCUT2D eigenvalue weighted by molar-refractivity contribution is 5.53. The van der Waals surface area contributed by atoms with Crippen LogP contribution in [-0.4, -0.2) is 12.3 Å². The Kier molecular flexibility index (Phi) is 3.73. The van der Waals surface area contributed by atoms with Crippen LogP contribution in [0.25, 0.3) is 0 Å². The number of rotatable bonds is 5. The lowest BCUT2D eigenvalue weighted by atomic mass is 9.94. The molecular weight excluding hydrogens is 172 g/mol. The van der Waals surface area contributed by atoms with Crippen LogP contribution >= 0.6 is 0 Å². The van der Waals surface area contributed by atoms with E-state index < -0.39 is 0 Å². The van der Waals surface area contributed by atoms with Gasteiger partial charge in [0.1, 0.15) is 0 Å². The van der Waals surface area contributed by atoms with Crippen LogP contribution in [-0.2, 0) is 0 Å². The zero-order valence-electron chi connectivity index (χ0n) is 9.56. The van der Waals surface area contributed by atoms with E-state index in [0.717, 1.165) is 12.8 Å². The Morgan fingerprint density at radius 1 is 1.43 bits per heavy atom. The first-order chi connectivity index (χ1) is 6.51. The SMILES string of the molecule is CC(C)(C)/C=C(/CCC=N)NC1CC1. The maximum absolute atomic E-state index is 7.05. The van der Waals surface area contributed by atoms with Crippen molar-refractivity contribution in [2.75, 3.05) is 0 Å². The van der Waals surface area contributed by atoms with Gasteiger partial charge in [-0.05, 0) is 37.3 Å². The molecule has 0 spiro atoms. The van der Waals surface area contributed by atoms with Gasteiger partial charge < -0.3 is 10.7 Å². The monoisotopic (exact) mass is 194 g/mol. The highest BCUT2D eigenvalue weighted by atomic mass is 15.0. The summed E-state index contributed by atoms with van der Waals surface area (Å²) < 4.78 is 0. The Hall–Kier alpha value is -0.790. The minimum Gasteiger partial charge on any atom is -0.386 e. The fourth-order valence-electron chi connectivity index (χ4n) is 1.43. The molecule has 0 atom stereocenters. The first-order valence-corrected chi connectivity index (χ1v) is 5.48. The van der Waals surface area contributed by atoms with Crippen LogP contribution in [0.3, 0.4) is 0 Å². The van der Waals surface area contributed by atoms with Crippen molar-refractivity contribution >= 4 is 6.21 Å². The largest absolute Gasteiger partial charge is 0.386 e. The highest BCUT2D eigenvalue weighted by Gasteiger charge is 2.22. The molecule has 1 fully saturated rings. The quantitative estimate of drug-likeness (QED) is 0.648. The molecule has 80 valence electrons. The van der Waals surface area contributed by atoms with E-state index in [4.69, 9.17) is 5.41 Å². The summed E-state index contributed by atoms with van der Waals surface area (Å²) in [5, 5.41) is 10.6. The summed E-state index contributed by atoms with van der Waals surface area (Å²) in [7, 11) is 0. The number of hydrogen-bond acceptors (Lipinski definition) is 2. The smallest absolute Gasteiger partial charge is 0.0259 e. The lowest BCUT2D eigenvalue weighted by Crippen LogP contribution is -2.18. The summed E-state index contributed by atoms with van der Waals surface area (Å²) in [4.78, 5) is 0. The molecule has 2 N–H and O–H groups in total. The van der Waals surface area contributed by atoms with Gasteiger partial charge in [0.25, 0.3) is 0 Å². The van der Waals surface area contributed by atoms with Gasteiger partial charge in [0.15, 0.2) is 0 Å². The van der Waals surface area contributed by atoms with Gasteiger partial charge in [0, 0.05) is 11.7 Å². The fourth-order valence-corrected chi connectivity index (χ4v) is 1.43. The van der Waals surface area contributed by atoms with Gasteiger partial charge >= 0.3 is 0 Å². The minimum atomic E-state index is 0.235. The van der Waals surface area contributed by atoms with Crippen LogP contribution in [0.15, 0.2) is 11.8 Å². The topological polar surface area (TPSA) is 35.9 Å². The second-order valence-electron chi connectivity index (χ2n) is 5.20. The maximum atomic E-state index is 7.05. The zero-order valence-corrected chi connectivity index (χ0v) is 9.56. The van der Waals surface area contributed by atoms with Gasteiger partial charge in [-0.3, -0.25) is 0 Å². The third kappa shape index (κ3) is 5.05. The van der Waals surface area contributed by atoms with Crippen molar-refractivity contribution in [1.82, 2.24) is 5.32 Å². The Morgan fingerprint density at radius 2 is 2.07 bits per heavy atom. The molecule has 1 saturated carbocycles. The molecule has 2 nitrogen and oxygen atoms in total. The van der Waals surface area contributed by atoms with Gasteiger partial charge in [-0.25, -0.2) is 0 Å². The van der Waals surface area contributed by atoms with Crippen molar-refractivity contribution in [3.63, 3.8) is 0 Å². The third-order valence-electron chi connectivity index (χ3n) is 2.13. The van der Waals surface area contributed by atoms with Crippen molar-refractivity contribution < 1.29 is 0 Å². The van der Waals surface area contributed by atoms with Gasteiger partial charge in [-0.15, -0.1) is 0 Å². The lowest BCUT2D eigenvalue weighted by molar-refractivity contribution is 0.529. The molecule has 1 aliphatic carbocycles. The number of allylic oxidation sites excluding steroid dienone is 2. The van der Waals surface area contributed by atoms with E-state index in [1.165, 1.54) is 24.8 Å². The molecular formula is C12H22N2. The predicted molar refractivity (Wildman–Crippen MR) is 61.7 cm³/mol. The van der Waals surface area contributed by atoms with Crippen LogP contribution in [0.1, 0.15) is 46.5 Å². The zero-order chi connectivity index (χ0) is 10.6. The van der Waals surface area contributed by atoms with E-state index in [0.29, 0.717) is 6.04 Å². The summed E-state index contributed by atoms with van der Waals surface area (Å²) in [6.07, 6.45) is 8.25. The van der Waals surface area contributed by atoms with Crippen LogP contribution in [0.2, 0.25) is 0 Å². The summed E-state index contributed by atoms with van der Waals surface area (Å²) in [5.74, 6) is 0. The molecule has 14 heavy (non-hydrogen) atoms. The fraction of sp³-hybridized carbons (Fsp3) is 0.750. The molecule has 1 aliphatic rings. The number of nitrogens with one attached hydrogen (secondary N) is 2. The third-order valence-corrected chi connectivity index (χ3v) is 2.13. The van der Waals surface area contributed by atoms with Crippen molar-refractivity contribution in [2.24, 2.45) is 5.41 Å². The van der Waals surface area contributed by atoms with Gasteiger partial charge in [0.05, 0.1) is 0 Å². The second kappa shape index (κ2) is 4.63. The molecule has 2 heteroatoms. The molecule has 0 radical (unpaired) electrons. The summed E-state index contributed by atoms with van der Waals surface area (Å²) in [6.45, 7) is 6.64. The van der Waals surface area contributed by atoms with E-state index in [9.17, 15) is 0 Å². The number of hydrogen-bond donors (Lipinski definition) is 2. The van der Waals surface area contributed by atoms with E-state index in [-0.39, 0.29) is 5.41 Å². The predicted octanol–water partition coefficient (Wildman–Crippen LogP) is 3.10. The second-order valence-corrected chi connectivity index (χ2v) is 5.20. The van der Waals surface area contributed by atoms with Crippen LogP contribution in [0, 0.1) is 10.8 Å². The molecule has 0 bridgehead atoms. The van der Waals surface area contributed by atoms with Crippen molar-refractivity contribution in [3.8, 4) is 0 Å². The summed E-state index contributed by atoms with van der Waals surface area (Å²) in [6, 6.07) is 0.717. The Balaban J connectivity index is 2.49. The first kappa shape index (κ1) is 11.3. The summed E-state index contributed by atoms with van der Waals surface area (Å²) in [5.41, 5.74) is 1.56. The van der Waals surface area contributed by atoms with Crippen LogP contribution < -0.4 is 5.32 Å². The van der Waals surface area contributed by atoms with E-state index >= 15 is 0 Å². The van der Waals surface area contributed by atoms with Crippen molar-refractivity contribution in [2.45, 2.75) is 52.5 Å². The lowest BCUT2D eigenvalue weighted by Gasteiger charge is -2.17. The minimum absolute atomic E-state index is 0.235. The Bertz CT molecular complexity index is 219. The average molecular weight is 194 g/mol. The molecule has 0 aromatic carbocycles. The van der Waals surface area contributed by atoms with Crippen molar-refractivity contribution in [1.29, 1.82) is 5.41 Å². The van der Waals surface area contributed by atoms with E-state index in [2.05, 4.69) is 32.2 Å². The van der Waals surface area contributed by atoms with Crippen molar-refractivity contribution in [3.05, 3.63) is 11.8 Å². The van der Waals surface area contributed by atoms with Gasteiger partial charge in [-0.2, -0.15) is 0 Å². The average Bonchev–Trinajstić information content (AvgIpc) is 2.81. The highest BCUT2D eigenvalue weighted by Crippen LogP contribution is 2.24. The standard InChI is InChI=1S/C12H22N2/c1-12(2,3)9-11(5-4-8-13)14-10-6-7-10/h8-10,13-14H,4-7H2,1-3H3/b11-9-,13-8?. The normalized spacial score (nSPS) is 18.1. The van der Waals surface area contributed by atoms with E-state index in [1.807, 2.05) is 0 Å². The van der Waals surface area contributed by atoms with E-state index in [1.54, 1.807) is 0 Å². The van der Waals surface area contributed by atoms with Gasteiger partial charge in [0.2, 0.25) is 0 Å². The maximum Gasteiger partial charge on any atom is 0.0259 e. The molecule has 0 aromatic heterocycles. The summed E-state index contributed by atoms with van der Waals surface area (Å²) >= 11 is 0. The first-order valence-electron chi connectivity index (χ1n) is 5.48. The van der Waals surface area contributed by atoms with Crippen LogP contribution in [0.4, 0.5) is 0 Å². The molecule has 0 aliphatic heterocycles. The molecule has 0 amide bonds. The Labute approximate surface area is 87.3 Å². The Morgan fingerprint density at radius 3 is 2.50 bits per heavy atom. The molecule has 0 unspecified atom stereocenters. The molecule has 0 aromatic rings.